The molecule has 1 aromatic heterocycles. The molecule has 0 aliphatic heterocycles. The van der Waals surface area contributed by atoms with Crippen LogP contribution < -0.4 is 10.0 Å². The highest BCUT2D eigenvalue weighted by molar-refractivity contribution is 8.00. The van der Waals surface area contributed by atoms with Crippen molar-refractivity contribution in [1.82, 2.24) is 9.97 Å². The number of thioether (sulfide) groups is 1. The van der Waals surface area contributed by atoms with Crippen LogP contribution in [0.1, 0.15) is 12.6 Å². The summed E-state index contributed by atoms with van der Waals surface area (Å²) in [6.07, 6.45) is 1.48. The summed E-state index contributed by atoms with van der Waals surface area (Å²) in [7, 11) is -3.82. The molecule has 0 fully saturated rings. The lowest BCUT2D eigenvalue weighted by Crippen LogP contribution is -2.22. The summed E-state index contributed by atoms with van der Waals surface area (Å²) in [5, 5.41) is 2.49. The molecule has 0 radical (unpaired) electrons. The number of amides is 1. The number of nitrogens with one attached hydrogen (secondary N) is 2. The number of hydrogen-bond acceptors (Lipinski definition) is 6. The normalized spacial score (nSPS) is 12.2. The lowest BCUT2D eigenvalue weighted by atomic mass is 10.3. The number of carbonyl (C=O) groups is 1. The van der Waals surface area contributed by atoms with Crippen LogP contribution in [0.2, 0.25) is 0 Å². The van der Waals surface area contributed by atoms with Crippen LogP contribution >= 0.6 is 11.8 Å². The van der Waals surface area contributed by atoms with Gasteiger partial charge in [0.05, 0.1) is 10.1 Å². The Labute approximate surface area is 174 Å². The van der Waals surface area contributed by atoms with Crippen molar-refractivity contribution < 1.29 is 13.2 Å². The second kappa shape index (κ2) is 9.06. The van der Waals surface area contributed by atoms with E-state index in [1.165, 1.54) is 30.1 Å². The van der Waals surface area contributed by atoms with Crippen molar-refractivity contribution in [3.8, 4) is 0 Å². The van der Waals surface area contributed by atoms with Gasteiger partial charge in [-0.25, -0.2) is 23.1 Å². The Kier molecular flexibility index (Phi) is 6.50. The molecule has 9 heteroatoms. The third-order valence-electron chi connectivity index (χ3n) is 3.88. The summed E-state index contributed by atoms with van der Waals surface area (Å²) in [6.45, 7) is 3.56. The average molecular weight is 429 g/mol. The number of carbonyl (C=O) groups excluding carboxylic acids is 1. The van der Waals surface area contributed by atoms with E-state index >= 15 is 0 Å². The molecule has 29 heavy (non-hydrogen) atoms. The van der Waals surface area contributed by atoms with Gasteiger partial charge in [-0.05, 0) is 56.3 Å². The fraction of sp³-hybridized carbons (Fsp3) is 0.150. The Hall–Kier alpha value is -2.91. The highest BCUT2D eigenvalue weighted by Gasteiger charge is 2.17. The van der Waals surface area contributed by atoms with Gasteiger partial charge in [-0.3, -0.25) is 4.79 Å². The predicted molar refractivity (Wildman–Crippen MR) is 114 cm³/mol. The van der Waals surface area contributed by atoms with E-state index in [2.05, 4.69) is 20.0 Å². The van der Waals surface area contributed by atoms with E-state index in [1.807, 2.05) is 37.3 Å². The van der Waals surface area contributed by atoms with Crippen LogP contribution in [-0.2, 0) is 14.8 Å². The Bertz CT molecular complexity index is 1090. The number of nitrogens with zero attached hydrogens (tertiary/aromatic N) is 2. The summed E-state index contributed by atoms with van der Waals surface area (Å²) >= 11 is 1.45. The fourth-order valence-electron chi connectivity index (χ4n) is 2.40. The van der Waals surface area contributed by atoms with E-state index in [1.54, 1.807) is 25.1 Å². The zero-order valence-corrected chi connectivity index (χ0v) is 17.5. The topological polar surface area (TPSA) is 101 Å². The maximum Gasteiger partial charge on any atom is 0.264 e. The van der Waals surface area contributed by atoms with Crippen molar-refractivity contribution in [2.24, 2.45) is 0 Å². The molecule has 1 heterocycles. The first-order valence-electron chi connectivity index (χ1n) is 8.78. The van der Waals surface area contributed by atoms with E-state index < -0.39 is 10.0 Å². The molecular formula is C20H20N4O3S2. The molecule has 0 aliphatic carbocycles. The van der Waals surface area contributed by atoms with Crippen LogP contribution in [0.3, 0.4) is 0 Å². The van der Waals surface area contributed by atoms with Crippen LogP contribution in [0.5, 0.6) is 0 Å². The number of benzene rings is 2. The molecule has 3 rings (SSSR count). The molecule has 0 saturated carbocycles. The number of rotatable bonds is 7. The third-order valence-corrected chi connectivity index (χ3v) is 6.33. The van der Waals surface area contributed by atoms with Crippen LogP contribution in [0.25, 0.3) is 0 Å². The van der Waals surface area contributed by atoms with Crippen LogP contribution in [-0.4, -0.2) is 29.5 Å². The largest absolute Gasteiger partial charge is 0.325 e. The van der Waals surface area contributed by atoms with Gasteiger partial charge in [-0.15, -0.1) is 11.8 Å². The molecular weight excluding hydrogens is 408 g/mol. The first-order valence-corrected chi connectivity index (χ1v) is 11.1. The van der Waals surface area contributed by atoms with Gasteiger partial charge in [0, 0.05) is 22.5 Å². The van der Waals surface area contributed by atoms with Gasteiger partial charge in [-0.2, -0.15) is 0 Å². The van der Waals surface area contributed by atoms with E-state index in [9.17, 15) is 13.2 Å². The van der Waals surface area contributed by atoms with Gasteiger partial charge in [0.25, 0.3) is 10.0 Å². The Morgan fingerprint density at radius 2 is 1.72 bits per heavy atom. The van der Waals surface area contributed by atoms with Gasteiger partial charge < -0.3 is 5.32 Å². The smallest absolute Gasteiger partial charge is 0.264 e. The van der Waals surface area contributed by atoms with Crippen molar-refractivity contribution in [3.05, 3.63) is 72.6 Å². The summed E-state index contributed by atoms with van der Waals surface area (Å²) in [5.41, 5.74) is 1.17. The Morgan fingerprint density at radius 3 is 2.38 bits per heavy atom. The van der Waals surface area contributed by atoms with E-state index in [0.29, 0.717) is 11.4 Å². The lowest BCUT2D eigenvalue weighted by Gasteiger charge is -2.12. The van der Waals surface area contributed by atoms with Crippen molar-refractivity contribution in [3.63, 3.8) is 0 Å². The average Bonchev–Trinajstić information content (AvgIpc) is 2.69. The fourth-order valence-corrected chi connectivity index (χ4v) is 4.23. The Balaban J connectivity index is 1.64. The zero-order valence-electron chi connectivity index (χ0n) is 15.9. The van der Waals surface area contributed by atoms with E-state index in [-0.39, 0.29) is 22.0 Å². The van der Waals surface area contributed by atoms with Gasteiger partial charge in [0.1, 0.15) is 0 Å². The molecule has 150 valence electrons. The predicted octanol–water partition coefficient (Wildman–Crippen LogP) is 3.71. The lowest BCUT2D eigenvalue weighted by molar-refractivity contribution is -0.115. The quantitative estimate of drug-likeness (QED) is 0.557. The second-order valence-corrected chi connectivity index (χ2v) is 9.31. The van der Waals surface area contributed by atoms with E-state index in [4.69, 9.17) is 0 Å². The molecule has 1 unspecified atom stereocenters. The highest BCUT2D eigenvalue weighted by Crippen LogP contribution is 2.24. The molecule has 3 aromatic rings. The Morgan fingerprint density at radius 1 is 1.03 bits per heavy atom. The maximum absolute atomic E-state index is 12.5. The highest BCUT2D eigenvalue weighted by atomic mass is 32.2. The molecule has 0 aliphatic rings. The minimum Gasteiger partial charge on any atom is -0.325 e. The molecule has 0 bridgehead atoms. The monoisotopic (exact) mass is 428 g/mol. The molecule has 1 atom stereocenters. The molecule has 2 N–H and O–H groups in total. The standard InChI is InChI=1S/C20H20N4O3S2/c1-14-12-13-21-20(22-14)24-29(26,27)18-10-8-16(9-11-18)23-19(25)15(2)28-17-6-4-3-5-7-17/h3-13,15H,1-2H3,(H,23,25)(H,21,22,24). The minimum atomic E-state index is -3.82. The number of hydrogen-bond donors (Lipinski definition) is 2. The maximum atomic E-state index is 12.5. The summed E-state index contributed by atoms with van der Waals surface area (Å²) in [5.74, 6) is -0.158. The SMILES string of the molecule is Cc1ccnc(NS(=O)(=O)c2ccc(NC(=O)C(C)Sc3ccccc3)cc2)n1. The first kappa shape index (κ1) is 20.8. The minimum absolute atomic E-state index is 0.00846. The van der Waals surface area contributed by atoms with Crippen molar-refractivity contribution in [2.45, 2.75) is 28.9 Å². The summed E-state index contributed by atoms with van der Waals surface area (Å²) in [6, 6.07) is 17.2. The molecule has 0 saturated heterocycles. The van der Waals surface area contributed by atoms with Gasteiger partial charge in [0.2, 0.25) is 11.9 Å². The van der Waals surface area contributed by atoms with Crippen LogP contribution in [0, 0.1) is 6.92 Å². The van der Waals surface area contributed by atoms with Gasteiger partial charge >= 0.3 is 0 Å². The van der Waals surface area contributed by atoms with E-state index in [0.717, 1.165) is 4.90 Å². The molecule has 7 nitrogen and oxygen atoms in total. The van der Waals surface area contributed by atoms with Gasteiger partial charge in [-0.1, -0.05) is 18.2 Å². The van der Waals surface area contributed by atoms with Gasteiger partial charge in [0.15, 0.2) is 0 Å². The zero-order chi connectivity index (χ0) is 20.9. The number of aromatic nitrogens is 2. The van der Waals surface area contributed by atoms with Crippen LogP contribution in [0.4, 0.5) is 11.6 Å². The number of aryl methyl sites for hydroxylation is 1. The number of sulfonamides is 1. The third kappa shape index (κ3) is 5.78. The van der Waals surface area contributed by atoms with Crippen molar-refractivity contribution in [1.29, 1.82) is 0 Å². The first-order chi connectivity index (χ1) is 13.8. The van der Waals surface area contributed by atoms with Crippen molar-refractivity contribution in [2.75, 3.05) is 10.0 Å². The molecule has 1 amide bonds. The molecule has 0 spiro atoms. The van der Waals surface area contributed by atoms with Crippen molar-refractivity contribution >= 4 is 39.3 Å². The molecule has 2 aromatic carbocycles. The second-order valence-electron chi connectivity index (χ2n) is 6.21. The summed E-state index contributed by atoms with van der Waals surface area (Å²) < 4.78 is 27.3. The van der Waals surface area contributed by atoms with Crippen LogP contribution in [0.15, 0.2) is 76.7 Å². The summed E-state index contributed by atoms with van der Waals surface area (Å²) in [4.78, 5) is 21.4. The number of anilines is 2.